The van der Waals surface area contributed by atoms with Crippen molar-refractivity contribution in [2.24, 2.45) is 0 Å². The fraction of sp³-hybridized carbons (Fsp3) is 0.167. The van der Waals surface area contributed by atoms with E-state index in [9.17, 15) is 4.39 Å². The van der Waals surface area contributed by atoms with Crippen LogP contribution in [0, 0.1) is 5.82 Å². The SMILES string of the molecule is CNCc1cn(Sc2cccc(OC)c2)c2cc(Nc3ccc(OC)cc3F)ccc12. The van der Waals surface area contributed by atoms with Gasteiger partial charge in [0.1, 0.15) is 17.3 Å². The number of hydrogen-bond donors (Lipinski definition) is 2. The summed E-state index contributed by atoms with van der Waals surface area (Å²) in [6.45, 7) is 0.752. The Bertz CT molecular complexity index is 1210. The number of aromatic nitrogens is 1. The Kier molecular flexibility index (Phi) is 6.34. The van der Waals surface area contributed by atoms with Gasteiger partial charge in [-0.1, -0.05) is 12.1 Å². The van der Waals surface area contributed by atoms with E-state index in [4.69, 9.17) is 9.47 Å². The molecule has 0 bridgehead atoms. The van der Waals surface area contributed by atoms with Crippen molar-refractivity contribution in [3.63, 3.8) is 0 Å². The van der Waals surface area contributed by atoms with Crippen LogP contribution in [0.1, 0.15) is 5.56 Å². The van der Waals surface area contributed by atoms with Crippen LogP contribution in [0.25, 0.3) is 10.9 Å². The van der Waals surface area contributed by atoms with Crippen molar-refractivity contribution < 1.29 is 13.9 Å². The van der Waals surface area contributed by atoms with Crippen LogP contribution in [0.4, 0.5) is 15.8 Å². The van der Waals surface area contributed by atoms with Gasteiger partial charge in [-0.05, 0) is 67.0 Å². The van der Waals surface area contributed by atoms with Crippen molar-refractivity contribution in [1.29, 1.82) is 0 Å². The summed E-state index contributed by atoms with van der Waals surface area (Å²) in [6.07, 6.45) is 2.13. The minimum Gasteiger partial charge on any atom is -0.497 e. The van der Waals surface area contributed by atoms with Crippen LogP contribution in [0.5, 0.6) is 11.5 Å². The molecule has 2 N–H and O–H groups in total. The Morgan fingerprint density at radius 1 is 0.968 bits per heavy atom. The topological polar surface area (TPSA) is 47.5 Å². The first-order chi connectivity index (χ1) is 15.1. The lowest BCUT2D eigenvalue weighted by Gasteiger charge is -2.11. The first-order valence-corrected chi connectivity index (χ1v) is 10.6. The largest absolute Gasteiger partial charge is 0.497 e. The van der Waals surface area contributed by atoms with E-state index in [0.717, 1.165) is 33.8 Å². The predicted molar refractivity (Wildman–Crippen MR) is 125 cm³/mol. The summed E-state index contributed by atoms with van der Waals surface area (Å²) in [5, 5.41) is 7.55. The fourth-order valence-electron chi connectivity index (χ4n) is 3.40. The smallest absolute Gasteiger partial charge is 0.150 e. The van der Waals surface area contributed by atoms with E-state index >= 15 is 0 Å². The number of benzene rings is 3. The highest BCUT2D eigenvalue weighted by molar-refractivity contribution is 7.98. The number of methoxy groups -OCH3 is 2. The van der Waals surface area contributed by atoms with Gasteiger partial charge in [0.15, 0.2) is 0 Å². The molecular formula is C24H24FN3O2S. The minimum absolute atomic E-state index is 0.364. The number of rotatable bonds is 8. The van der Waals surface area contributed by atoms with E-state index in [1.807, 2.05) is 43.4 Å². The first-order valence-electron chi connectivity index (χ1n) is 9.83. The lowest BCUT2D eigenvalue weighted by Crippen LogP contribution is -2.04. The third kappa shape index (κ3) is 4.62. The fourth-order valence-corrected chi connectivity index (χ4v) is 4.37. The molecule has 0 fully saturated rings. The summed E-state index contributed by atoms with van der Waals surface area (Å²) in [5.74, 6) is 0.935. The molecule has 4 rings (SSSR count). The van der Waals surface area contributed by atoms with Crippen molar-refractivity contribution in [2.45, 2.75) is 11.4 Å². The molecule has 160 valence electrons. The number of nitrogens with one attached hydrogen (secondary N) is 2. The maximum absolute atomic E-state index is 14.4. The highest BCUT2D eigenvalue weighted by Gasteiger charge is 2.12. The van der Waals surface area contributed by atoms with Crippen LogP contribution >= 0.6 is 11.9 Å². The lowest BCUT2D eigenvalue weighted by atomic mass is 10.1. The van der Waals surface area contributed by atoms with Crippen LogP contribution in [0.2, 0.25) is 0 Å². The molecule has 4 aromatic rings. The second-order valence-corrected chi connectivity index (χ2v) is 8.03. The minimum atomic E-state index is -0.364. The van der Waals surface area contributed by atoms with Crippen LogP contribution in [-0.2, 0) is 6.54 Å². The van der Waals surface area contributed by atoms with Crippen LogP contribution < -0.4 is 20.1 Å². The quantitative estimate of drug-likeness (QED) is 0.364. The van der Waals surface area contributed by atoms with Crippen molar-refractivity contribution in [3.05, 3.63) is 78.2 Å². The number of ether oxygens (including phenoxy) is 2. The van der Waals surface area contributed by atoms with Gasteiger partial charge in [0, 0.05) is 34.8 Å². The Morgan fingerprint density at radius 2 is 1.77 bits per heavy atom. The molecule has 0 aliphatic carbocycles. The molecule has 0 spiro atoms. The summed E-state index contributed by atoms with van der Waals surface area (Å²) >= 11 is 1.61. The van der Waals surface area contributed by atoms with Crippen LogP contribution in [-0.4, -0.2) is 25.2 Å². The standard InChI is InChI=1S/C24H24FN3O2S/c1-26-14-16-15-28(31-20-6-4-5-18(12-20)29-2)24-11-17(7-9-21(16)24)27-23-10-8-19(30-3)13-22(23)25/h4-13,15,26-27H,14H2,1-3H3. The zero-order valence-electron chi connectivity index (χ0n) is 17.6. The van der Waals surface area contributed by atoms with E-state index < -0.39 is 0 Å². The Hall–Kier alpha value is -3.16. The molecule has 5 nitrogen and oxygen atoms in total. The summed E-state index contributed by atoms with van der Waals surface area (Å²) < 4.78 is 27.0. The normalized spacial score (nSPS) is 11.0. The molecule has 0 amide bonds. The van der Waals surface area contributed by atoms with E-state index in [1.165, 1.54) is 18.7 Å². The summed E-state index contributed by atoms with van der Waals surface area (Å²) in [6, 6.07) is 18.8. The molecule has 0 saturated heterocycles. The van der Waals surface area contributed by atoms with Crippen molar-refractivity contribution in [3.8, 4) is 11.5 Å². The van der Waals surface area contributed by atoms with E-state index in [2.05, 4.69) is 26.9 Å². The maximum Gasteiger partial charge on any atom is 0.150 e. The van der Waals surface area contributed by atoms with Gasteiger partial charge in [0.05, 0.1) is 25.4 Å². The molecule has 0 saturated carbocycles. The molecule has 1 aromatic heterocycles. The number of fused-ring (bicyclic) bond motifs is 1. The number of hydrogen-bond acceptors (Lipinski definition) is 5. The summed E-state index contributed by atoms with van der Waals surface area (Å²) in [7, 11) is 5.11. The van der Waals surface area contributed by atoms with Gasteiger partial charge in [0.25, 0.3) is 0 Å². The zero-order valence-corrected chi connectivity index (χ0v) is 18.4. The third-order valence-corrected chi connectivity index (χ3v) is 5.89. The Labute approximate surface area is 185 Å². The molecule has 1 heterocycles. The molecule has 7 heteroatoms. The highest BCUT2D eigenvalue weighted by Crippen LogP contribution is 2.33. The van der Waals surface area contributed by atoms with Crippen molar-refractivity contribution >= 4 is 34.2 Å². The monoisotopic (exact) mass is 437 g/mol. The van der Waals surface area contributed by atoms with Gasteiger partial charge in [0.2, 0.25) is 0 Å². The van der Waals surface area contributed by atoms with E-state index in [1.54, 1.807) is 31.2 Å². The average molecular weight is 438 g/mol. The van der Waals surface area contributed by atoms with Gasteiger partial charge in [-0.3, -0.25) is 3.97 Å². The van der Waals surface area contributed by atoms with Crippen LogP contribution in [0.15, 0.2) is 71.8 Å². The molecule has 3 aromatic carbocycles. The second kappa shape index (κ2) is 9.32. The maximum atomic E-state index is 14.4. The molecule has 0 radical (unpaired) electrons. The number of nitrogens with zero attached hydrogens (tertiary/aromatic N) is 1. The number of halogens is 1. The van der Waals surface area contributed by atoms with E-state index in [-0.39, 0.29) is 5.82 Å². The van der Waals surface area contributed by atoms with Gasteiger partial charge < -0.3 is 20.1 Å². The van der Waals surface area contributed by atoms with Crippen molar-refractivity contribution in [1.82, 2.24) is 9.29 Å². The highest BCUT2D eigenvalue weighted by atomic mass is 32.2. The molecule has 31 heavy (non-hydrogen) atoms. The summed E-state index contributed by atoms with van der Waals surface area (Å²) in [5.41, 5.74) is 3.43. The van der Waals surface area contributed by atoms with Crippen LogP contribution in [0.3, 0.4) is 0 Å². The molecule has 0 unspecified atom stereocenters. The Morgan fingerprint density at radius 3 is 2.52 bits per heavy atom. The average Bonchev–Trinajstić information content (AvgIpc) is 3.12. The Balaban J connectivity index is 1.70. The lowest BCUT2D eigenvalue weighted by molar-refractivity contribution is 0.411. The molecule has 0 aliphatic heterocycles. The molecule has 0 aliphatic rings. The predicted octanol–water partition coefficient (Wildman–Crippen LogP) is 5.82. The second-order valence-electron chi connectivity index (χ2n) is 6.98. The third-order valence-electron chi connectivity index (χ3n) is 4.92. The van der Waals surface area contributed by atoms with Crippen molar-refractivity contribution in [2.75, 3.05) is 26.6 Å². The van der Waals surface area contributed by atoms with E-state index in [0.29, 0.717) is 11.4 Å². The van der Waals surface area contributed by atoms with Gasteiger partial charge >= 0.3 is 0 Å². The first kappa shape index (κ1) is 21.1. The zero-order chi connectivity index (χ0) is 21.8. The van der Waals surface area contributed by atoms with Gasteiger partial charge in [-0.15, -0.1) is 0 Å². The molecular weight excluding hydrogens is 413 g/mol. The summed E-state index contributed by atoms with van der Waals surface area (Å²) in [4.78, 5) is 1.06. The van der Waals surface area contributed by atoms with Gasteiger partial charge in [-0.25, -0.2) is 4.39 Å². The van der Waals surface area contributed by atoms with Gasteiger partial charge in [-0.2, -0.15) is 0 Å². The molecule has 0 atom stereocenters. The number of anilines is 2.